The molecule has 0 aliphatic rings. The fraction of sp³-hybridized carbons (Fsp3) is 0.375. The molecule has 0 rings (SSSR count). The van der Waals surface area contributed by atoms with Gasteiger partial charge in [0.15, 0.2) is 0 Å². The van der Waals surface area contributed by atoms with Gasteiger partial charge in [-0.05, 0) is 0 Å². The molecule has 1 atom stereocenters. The third-order valence-corrected chi connectivity index (χ3v) is 1.83. The van der Waals surface area contributed by atoms with Crippen molar-refractivity contribution in [3.8, 4) is 0 Å². The number of hydrogen-bond donors (Lipinski definition) is 0. The lowest BCUT2D eigenvalue weighted by Crippen LogP contribution is -2.32. The van der Waals surface area contributed by atoms with Gasteiger partial charge < -0.3 is 9.46 Å². The van der Waals surface area contributed by atoms with E-state index in [1.165, 1.54) is 0 Å². The maximum atomic E-state index is 11.2. The van der Waals surface area contributed by atoms with Crippen LogP contribution in [0.1, 0.15) is 0 Å². The van der Waals surface area contributed by atoms with Crippen molar-refractivity contribution < 1.29 is 9.36 Å². The summed E-state index contributed by atoms with van der Waals surface area (Å²) < 4.78 is 10.2. The molecule has 1 unspecified atom stereocenters. The van der Waals surface area contributed by atoms with Crippen molar-refractivity contribution in [3.05, 3.63) is 25.3 Å². The third-order valence-electron chi connectivity index (χ3n) is 1.31. The molecule has 0 spiro atoms. The summed E-state index contributed by atoms with van der Waals surface area (Å²) in [5.74, 6) is -0.0974. The van der Waals surface area contributed by atoms with Crippen LogP contribution in [0.25, 0.3) is 0 Å². The van der Waals surface area contributed by atoms with Gasteiger partial charge >= 0.3 is 0 Å². The van der Waals surface area contributed by atoms with Gasteiger partial charge in [0.25, 0.3) is 0 Å². The molecule has 0 aliphatic heterocycles. The molecule has 0 bridgehead atoms. The second kappa shape index (κ2) is 6.86. The van der Waals surface area contributed by atoms with Crippen molar-refractivity contribution >= 4 is 14.4 Å². The molecule has 0 fully saturated rings. The van der Waals surface area contributed by atoms with Gasteiger partial charge in [-0.25, -0.2) is 0 Å². The summed E-state index contributed by atoms with van der Waals surface area (Å²) >= 11 is 0. The van der Waals surface area contributed by atoms with Crippen LogP contribution >= 0.6 is 8.46 Å². The topological polar surface area (TPSA) is 37.4 Å². The molecule has 3 nitrogen and oxygen atoms in total. The SMILES string of the molecule is C=CCN(CC=C)C(=O)C[PH2]=O. The number of carbonyl (C=O) groups excluding carboxylic acids is 1. The van der Waals surface area contributed by atoms with E-state index in [2.05, 4.69) is 13.2 Å². The van der Waals surface area contributed by atoms with Gasteiger partial charge in [-0.15, -0.1) is 13.2 Å². The Hall–Kier alpha value is -0.820. The average molecular weight is 187 g/mol. The molecule has 0 saturated carbocycles. The Morgan fingerprint density at radius 1 is 1.33 bits per heavy atom. The van der Waals surface area contributed by atoms with Crippen LogP contribution in [0.15, 0.2) is 25.3 Å². The summed E-state index contributed by atoms with van der Waals surface area (Å²) in [6, 6.07) is 0. The van der Waals surface area contributed by atoms with E-state index in [1.54, 1.807) is 17.1 Å². The second-order valence-electron chi connectivity index (χ2n) is 2.25. The van der Waals surface area contributed by atoms with Crippen LogP contribution < -0.4 is 0 Å². The van der Waals surface area contributed by atoms with Crippen LogP contribution in [-0.4, -0.2) is 30.1 Å². The van der Waals surface area contributed by atoms with Gasteiger partial charge in [-0.3, -0.25) is 4.79 Å². The minimum Gasteiger partial charge on any atom is -0.335 e. The van der Waals surface area contributed by atoms with Crippen molar-refractivity contribution in [2.24, 2.45) is 0 Å². The van der Waals surface area contributed by atoms with Gasteiger partial charge in [0.1, 0.15) is 0 Å². The quantitative estimate of drug-likeness (QED) is 0.458. The largest absolute Gasteiger partial charge is 0.335 e. The number of rotatable bonds is 6. The summed E-state index contributed by atoms with van der Waals surface area (Å²) in [6.45, 7) is 8.03. The summed E-state index contributed by atoms with van der Waals surface area (Å²) in [6.07, 6.45) is 3.42. The molecule has 0 saturated heterocycles. The molecule has 1 amide bonds. The second-order valence-corrected chi connectivity index (χ2v) is 2.99. The number of hydrogen-bond acceptors (Lipinski definition) is 2. The van der Waals surface area contributed by atoms with Crippen LogP contribution in [0.3, 0.4) is 0 Å². The summed E-state index contributed by atoms with van der Waals surface area (Å²) in [7, 11) is -0.995. The monoisotopic (exact) mass is 187 g/mol. The van der Waals surface area contributed by atoms with Gasteiger partial charge in [-0.2, -0.15) is 0 Å². The lowest BCUT2D eigenvalue weighted by Gasteiger charge is -2.17. The summed E-state index contributed by atoms with van der Waals surface area (Å²) in [4.78, 5) is 12.7. The van der Waals surface area contributed by atoms with Crippen molar-refractivity contribution in [2.45, 2.75) is 0 Å². The van der Waals surface area contributed by atoms with Crippen molar-refractivity contribution in [3.63, 3.8) is 0 Å². The maximum absolute atomic E-state index is 11.2. The maximum Gasteiger partial charge on any atom is 0.230 e. The minimum atomic E-state index is -0.995. The first-order chi connectivity index (χ1) is 5.76. The molecular formula is C8H14NO2P. The number of amides is 1. The van der Waals surface area contributed by atoms with E-state index >= 15 is 0 Å². The molecule has 12 heavy (non-hydrogen) atoms. The van der Waals surface area contributed by atoms with E-state index in [-0.39, 0.29) is 12.1 Å². The average Bonchev–Trinajstić information content (AvgIpc) is 2.04. The third kappa shape index (κ3) is 4.14. The molecule has 0 aliphatic carbocycles. The van der Waals surface area contributed by atoms with Crippen LogP contribution in [-0.2, 0) is 9.36 Å². The molecule has 0 aromatic carbocycles. The fourth-order valence-electron chi connectivity index (χ4n) is 0.790. The van der Waals surface area contributed by atoms with Crippen molar-refractivity contribution in [1.82, 2.24) is 4.90 Å². The Labute approximate surface area is 74.0 Å². The Kier molecular flexibility index (Phi) is 6.39. The standard InChI is InChI=1S/C8H14NO2P/c1-3-5-9(6-4-2)8(10)7-12-11/h3-4H,1-2,5-7,12H2. The minimum absolute atomic E-state index is 0.0974. The van der Waals surface area contributed by atoms with E-state index in [9.17, 15) is 9.36 Å². The lowest BCUT2D eigenvalue weighted by molar-refractivity contribution is -0.127. The first-order valence-electron chi connectivity index (χ1n) is 3.69. The Morgan fingerprint density at radius 2 is 1.83 bits per heavy atom. The Bertz CT molecular complexity index is 181. The molecule has 4 heteroatoms. The highest BCUT2D eigenvalue weighted by atomic mass is 31.1. The van der Waals surface area contributed by atoms with E-state index in [4.69, 9.17) is 0 Å². The van der Waals surface area contributed by atoms with Crippen LogP contribution in [0.4, 0.5) is 0 Å². The van der Waals surface area contributed by atoms with E-state index in [0.29, 0.717) is 13.1 Å². The first kappa shape index (κ1) is 11.2. The molecule has 0 N–H and O–H groups in total. The predicted octanol–water partition coefficient (Wildman–Crippen LogP) is 0.943. The molecule has 0 heterocycles. The molecule has 68 valence electrons. The summed E-state index contributed by atoms with van der Waals surface area (Å²) in [5.41, 5.74) is 0. The first-order valence-corrected chi connectivity index (χ1v) is 4.98. The van der Waals surface area contributed by atoms with Crippen LogP contribution in [0, 0.1) is 0 Å². The summed E-state index contributed by atoms with van der Waals surface area (Å²) in [5, 5.41) is 0. The van der Waals surface area contributed by atoms with Crippen LogP contribution in [0.2, 0.25) is 0 Å². The highest BCUT2D eigenvalue weighted by Gasteiger charge is 2.07. The van der Waals surface area contributed by atoms with E-state index in [0.717, 1.165) is 0 Å². The zero-order valence-electron chi connectivity index (χ0n) is 7.03. The Balaban J connectivity index is 4.06. The molecule has 0 aromatic heterocycles. The lowest BCUT2D eigenvalue weighted by atomic mass is 10.4. The number of carbonyl (C=O) groups is 1. The zero-order chi connectivity index (χ0) is 9.40. The van der Waals surface area contributed by atoms with E-state index < -0.39 is 8.46 Å². The molecule has 0 radical (unpaired) electrons. The smallest absolute Gasteiger partial charge is 0.230 e. The fourth-order valence-corrected chi connectivity index (χ4v) is 1.19. The van der Waals surface area contributed by atoms with Crippen molar-refractivity contribution in [2.75, 3.05) is 19.3 Å². The van der Waals surface area contributed by atoms with Crippen LogP contribution in [0.5, 0.6) is 0 Å². The van der Waals surface area contributed by atoms with Gasteiger partial charge in [0.2, 0.25) is 5.91 Å². The molecule has 0 aromatic rings. The van der Waals surface area contributed by atoms with Gasteiger partial charge in [0, 0.05) is 13.1 Å². The van der Waals surface area contributed by atoms with Crippen molar-refractivity contribution in [1.29, 1.82) is 0 Å². The zero-order valence-corrected chi connectivity index (χ0v) is 8.19. The van der Waals surface area contributed by atoms with E-state index in [1.807, 2.05) is 0 Å². The highest BCUT2D eigenvalue weighted by Crippen LogP contribution is 1.97. The Morgan fingerprint density at radius 3 is 2.17 bits per heavy atom. The normalized spacial score (nSPS) is 10.0. The number of nitrogens with zero attached hydrogens (tertiary/aromatic N) is 1. The highest BCUT2D eigenvalue weighted by molar-refractivity contribution is 7.25. The molecular weight excluding hydrogens is 173 g/mol. The van der Waals surface area contributed by atoms with Gasteiger partial charge in [-0.1, -0.05) is 12.2 Å². The predicted molar refractivity (Wildman–Crippen MR) is 52.2 cm³/mol. The van der Waals surface area contributed by atoms with Gasteiger partial charge in [0.05, 0.1) is 14.6 Å².